The molecule has 0 N–H and O–H groups in total. The van der Waals surface area contributed by atoms with E-state index in [1.807, 2.05) is 55.6 Å². The van der Waals surface area contributed by atoms with Crippen LogP contribution in [0.1, 0.15) is 52.4 Å². The molecule has 5 heteroatoms. The Morgan fingerprint density at radius 1 is 0.805 bits per heavy atom. The molecule has 0 radical (unpaired) electrons. The molecule has 0 aliphatic carbocycles. The fraction of sp³-hybridized carbons (Fsp3) is 0.222. The lowest BCUT2D eigenvalue weighted by Gasteiger charge is -2.27. The van der Waals surface area contributed by atoms with Crippen molar-refractivity contribution in [3.8, 4) is 0 Å². The monoisotopic (exact) mass is 542 g/mol. The Hall–Kier alpha value is -4.64. The maximum atomic E-state index is 13.9. The molecular weight excluding hydrogens is 508 g/mol. The van der Waals surface area contributed by atoms with Crippen LogP contribution in [0, 0.1) is 0 Å². The number of hydrogen-bond acceptors (Lipinski definition) is 4. The fourth-order valence-corrected chi connectivity index (χ4v) is 5.93. The average molecular weight is 543 g/mol. The van der Waals surface area contributed by atoms with Gasteiger partial charge in [-0.15, -0.1) is 0 Å². The number of nitrogens with zero attached hydrogens (tertiary/aromatic N) is 2. The third kappa shape index (κ3) is 5.53. The highest BCUT2D eigenvalue weighted by atomic mass is 16.5. The number of ketones is 1. The summed E-state index contributed by atoms with van der Waals surface area (Å²) in [6, 6.07) is 33.3. The Morgan fingerprint density at radius 3 is 2.22 bits per heavy atom. The molecular formula is C36H34N2O3. The second kappa shape index (κ2) is 11.8. The predicted octanol–water partition coefficient (Wildman–Crippen LogP) is 7.65. The second-order valence-corrected chi connectivity index (χ2v) is 10.5. The Balaban J connectivity index is 1.29. The average Bonchev–Trinajstić information content (AvgIpc) is 3.29. The molecule has 41 heavy (non-hydrogen) atoms. The van der Waals surface area contributed by atoms with Crippen molar-refractivity contribution in [3.63, 3.8) is 0 Å². The summed E-state index contributed by atoms with van der Waals surface area (Å²) in [6.07, 6.45) is 4.96. The second-order valence-electron chi connectivity index (χ2n) is 10.5. The number of carbonyl (C=O) groups excluding carboxylic acids is 2. The Kier molecular flexibility index (Phi) is 7.68. The summed E-state index contributed by atoms with van der Waals surface area (Å²) >= 11 is 0. The lowest BCUT2D eigenvalue weighted by molar-refractivity contribution is -0.143. The van der Waals surface area contributed by atoms with Crippen LogP contribution in [0.3, 0.4) is 0 Å². The van der Waals surface area contributed by atoms with Gasteiger partial charge >= 0.3 is 5.97 Å². The van der Waals surface area contributed by atoms with E-state index in [1.54, 1.807) is 0 Å². The molecule has 0 atom stereocenters. The molecule has 0 saturated carbocycles. The molecule has 5 nitrogen and oxygen atoms in total. The number of benzene rings is 4. The molecule has 1 aliphatic rings. The van der Waals surface area contributed by atoms with Crippen LogP contribution >= 0.6 is 0 Å². The van der Waals surface area contributed by atoms with Gasteiger partial charge in [-0.25, -0.2) is 0 Å². The number of ether oxygens (including phenoxy) is 1. The molecule has 0 spiro atoms. The molecule has 0 amide bonds. The van der Waals surface area contributed by atoms with Gasteiger partial charge < -0.3 is 14.2 Å². The van der Waals surface area contributed by atoms with Crippen molar-refractivity contribution in [1.29, 1.82) is 0 Å². The fourth-order valence-electron chi connectivity index (χ4n) is 5.93. The van der Waals surface area contributed by atoms with Crippen LogP contribution in [0.5, 0.6) is 0 Å². The number of para-hydroxylation sites is 3. The normalized spacial score (nSPS) is 12.5. The van der Waals surface area contributed by atoms with Crippen molar-refractivity contribution in [2.45, 2.75) is 45.7 Å². The zero-order chi connectivity index (χ0) is 28.2. The van der Waals surface area contributed by atoms with Gasteiger partial charge in [-0.2, -0.15) is 0 Å². The van der Waals surface area contributed by atoms with Gasteiger partial charge in [0.1, 0.15) is 0 Å². The number of anilines is 2. The third-order valence-electron chi connectivity index (χ3n) is 7.88. The van der Waals surface area contributed by atoms with Crippen LogP contribution in [0.2, 0.25) is 0 Å². The molecule has 2 heterocycles. The van der Waals surface area contributed by atoms with E-state index < -0.39 is 0 Å². The first kappa shape index (κ1) is 26.6. The van der Waals surface area contributed by atoms with Gasteiger partial charge in [-0.05, 0) is 67.1 Å². The molecule has 0 fully saturated rings. The smallest absolute Gasteiger partial charge is 0.305 e. The summed E-state index contributed by atoms with van der Waals surface area (Å²) in [5.74, 6) is -0.185. The van der Waals surface area contributed by atoms with Gasteiger partial charge in [0.25, 0.3) is 0 Å². The van der Waals surface area contributed by atoms with Gasteiger partial charge in [-0.1, -0.05) is 72.8 Å². The summed E-state index contributed by atoms with van der Waals surface area (Å²) in [4.78, 5) is 28.2. The standard InChI is InChI=1S/C36H34N2O3/c1-2-41-35(39)19-10-22-37-25-31(30-15-5-8-18-34(30)37)36(40)29-14-9-11-26(23-29)24-38-32-16-6-3-12-27(32)20-21-28-13-4-7-17-33(28)38/h3-9,11-18,23,25H,2,10,19-22,24H2,1H3. The molecule has 6 rings (SSSR count). The van der Waals surface area contributed by atoms with Gasteiger partial charge in [0.15, 0.2) is 5.78 Å². The predicted molar refractivity (Wildman–Crippen MR) is 164 cm³/mol. The number of aromatic nitrogens is 1. The summed E-state index contributed by atoms with van der Waals surface area (Å²) in [5.41, 5.74) is 8.56. The molecule has 0 saturated heterocycles. The lowest BCUT2D eigenvalue weighted by Crippen LogP contribution is -2.18. The van der Waals surface area contributed by atoms with Crippen LogP contribution < -0.4 is 4.90 Å². The molecule has 206 valence electrons. The van der Waals surface area contributed by atoms with Crippen LogP contribution in [0.15, 0.2) is 103 Å². The summed E-state index contributed by atoms with van der Waals surface area (Å²) < 4.78 is 7.15. The van der Waals surface area contributed by atoms with E-state index in [9.17, 15) is 9.59 Å². The number of carbonyl (C=O) groups is 2. The summed E-state index contributed by atoms with van der Waals surface area (Å²) in [5, 5.41) is 0.925. The molecule has 1 aliphatic heterocycles. The van der Waals surface area contributed by atoms with Gasteiger partial charge in [-0.3, -0.25) is 9.59 Å². The van der Waals surface area contributed by atoms with E-state index in [4.69, 9.17) is 4.74 Å². The minimum atomic E-state index is -0.188. The van der Waals surface area contributed by atoms with Crippen molar-refractivity contribution in [3.05, 3.63) is 131 Å². The number of fused-ring (bicyclic) bond motifs is 3. The number of aryl methyl sites for hydroxylation is 3. The first-order valence-electron chi connectivity index (χ1n) is 14.4. The Labute approximate surface area is 241 Å². The number of rotatable bonds is 9. The van der Waals surface area contributed by atoms with E-state index in [-0.39, 0.29) is 11.8 Å². The Bertz CT molecular complexity index is 1670. The van der Waals surface area contributed by atoms with E-state index in [2.05, 4.69) is 64.1 Å². The van der Waals surface area contributed by atoms with E-state index in [0.29, 0.717) is 43.7 Å². The first-order valence-corrected chi connectivity index (χ1v) is 14.4. The van der Waals surface area contributed by atoms with E-state index >= 15 is 0 Å². The number of esters is 1. The molecule has 4 aromatic carbocycles. The van der Waals surface area contributed by atoms with Crippen LogP contribution in [-0.2, 0) is 35.5 Å². The van der Waals surface area contributed by atoms with Crippen molar-refractivity contribution in [1.82, 2.24) is 4.57 Å². The quantitative estimate of drug-likeness (QED) is 0.142. The maximum absolute atomic E-state index is 13.9. The SMILES string of the molecule is CCOC(=O)CCCn1cc(C(=O)c2cccc(CN3c4ccccc4CCc4ccccc43)c2)c2ccccc21. The van der Waals surface area contributed by atoms with Crippen molar-refractivity contribution in [2.75, 3.05) is 11.5 Å². The highest BCUT2D eigenvalue weighted by molar-refractivity contribution is 6.16. The van der Waals surface area contributed by atoms with Gasteiger partial charge in [0.05, 0.1) is 6.61 Å². The van der Waals surface area contributed by atoms with Gasteiger partial charge in [0.2, 0.25) is 0 Å². The highest BCUT2D eigenvalue weighted by Gasteiger charge is 2.22. The molecule has 0 unspecified atom stereocenters. The lowest BCUT2D eigenvalue weighted by atomic mass is 10.0. The number of hydrogen-bond donors (Lipinski definition) is 0. The molecule has 5 aromatic rings. The molecule has 0 bridgehead atoms. The van der Waals surface area contributed by atoms with Gasteiger partial charge in [0, 0.05) is 59.1 Å². The van der Waals surface area contributed by atoms with E-state index in [0.717, 1.165) is 29.3 Å². The largest absolute Gasteiger partial charge is 0.466 e. The molecule has 1 aromatic heterocycles. The maximum Gasteiger partial charge on any atom is 0.305 e. The van der Waals surface area contributed by atoms with Crippen molar-refractivity contribution >= 4 is 34.0 Å². The Morgan fingerprint density at radius 2 is 1.49 bits per heavy atom. The highest BCUT2D eigenvalue weighted by Crippen LogP contribution is 2.37. The summed E-state index contributed by atoms with van der Waals surface area (Å²) in [6.45, 7) is 3.51. The van der Waals surface area contributed by atoms with Crippen LogP contribution in [0.4, 0.5) is 11.4 Å². The summed E-state index contributed by atoms with van der Waals surface area (Å²) in [7, 11) is 0. The zero-order valence-electron chi connectivity index (χ0n) is 23.4. The zero-order valence-corrected chi connectivity index (χ0v) is 23.4. The minimum Gasteiger partial charge on any atom is -0.466 e. The van der Waals surface area contributed by atoms with Crippen LogP contribution in [0.25, 0.3) is 10.9 Å². The minimum absolute atomic E-state index is 0.00357. The van der Waals surface area contributed by atoms with Crippen molar-refractivity contribution in [2.24, 2.45) is 0 Å². The topological polar surface area (TPSA) is 51.5 Å². The first-order chi connectivity index (χ1) is 20.1. The third-order valence-corrected chi connectivity index (χ3v) is 7.88. The van der Waals surface area contributed by atoms with Crippen molar-refractivity contribution < 1.29 is 14.3 Å². The van der Waals surface area contributed by atoms with Crippen LogP contribution in [-0.4, -0.2) is 22.9 Å². The van der Waals surface area contributed by atoms with E-state index in [1.165, 1.54) is 22.5 Å².